The van der Waals surface area contributed by atoms with Crippen molar-refractivity contribution in [3.63, 3.8) is 0 Å². The van der Waals surface area contributed by atoms with Crippen LogP contribution in [0.3, 0.4) is 0 Å². The first-order valence-corrected chi connectivity index (χ1v) is 7.43. The molecule has 3 aliphatic heterocycles. The molecular formula is C14H24N2O2. The summed E-state index contributed by atoms with van der Waals surface area (Å²) in [6, 6.07) is 1.05. The molecule has 102 valence electrons. The number of piperidine rings is 3. The molecule has 4 fully saturated rings. The van der Waals surface area contributed by atoms with E-state index in [1.54, 1.807) is 0 Å². The zero-order chi connectivity index (χ0) is 12.5. The molecule has 4 nitrogen and oxygen atoms in total. The van der Waals surface area contributed by atoms with Gasteiger partial charge in [0, 0.05) is 18.6 Å². The smallest absolute Gasteiger partial charge is 0.306 e. The normalized spacial score (nSPS) is 43.9. The second kappa shape index (κ2) is 5.17. The number of nitrogens with one attached hydrogen (secondary N) is 1. The molecule has 2 N–H and O–H groups in total. The van der Waals surface area contributed by atoms with Crippen LogP contribution < -0.4 is 5.32 Å². The lowest BCUT2D eigenvalue weighted by Gasteiger charge is -2.46. The summed E-state index contributed by atoms with van der Waals surface area (Å²) >= 11 is 0. The Morgan fingerprint density at radius 2 is 1.94 bits per heavy atom. The molecule has 1 aliphatic carbocycles. The number of hydrogen-bond donors (Lipinski definition) is 2. The van der Waals surface area contributed by atoms with Crippen LogP contribution in [0.4, 0.5) is 0 Å². The highest BCUT2D eigenvalue weighted by Gasteiger charge is 2.36. The van der Waals surface area contributed by atoms with Crippen molar-refractivity contribution in [3.8, 4) is 0 Å². The van der Waals surface area contributed by atoms with Gasteiger partial charge in [-0.05, 0) is 51.1 Å². The van der Waals surface area contributed by atoms with Gasteiger partial charge < -0.3 is 15.3 Å². The van der Waals surface area contributed by atoms with E-state index < -0.39 is 5.97 Å². The average Bonchev–Trinajstić information content (AvgIpc) is 2.40. The second-order valence-corrected chi connectivity index (χ2v) is 6.31. The van der Waals surface area contributed by atoms with E-state index in [0.717, 1.165) is 31.6 Å². The zero-order valence-corrected chi connectivity index (χ0v) is 11.0. The number of carboxylic acids is 1. The summed E-state index contributed by atoms with van der Waals surface area (Å²) in [6.07, 6.45) is 6.58. The van der Waals surface area contributed by atoms with Gasteiger partial charge in [-0.3, -0.25) is 4.79 Å². The third-order valence-electron chi connectivity index (χ3n) is 5.13. The van der Waals surface area contributed by atoms with Crippen molar-refractivity contribution < 1.29 is 9.90 Å². The Morgan fingerprint density at radius 3 is 2.56 bits per heavy atom. The summed E-state index contributed by atoms with van der Waals surface area (Å²) in [5, 5.41) is 12.9. The molecule has 0 amide bonds. The minimum Gasteiger partial charge on any atom is -0.481 e. The first kappa shape index (κ1) is 12.4. The van der Waals surface area contributed by atoms with Crippen LogP contribution in [-0.2, 0) is 4.79 Å². The molecule has 3 atom stereocenters. The second-order valence-electron chi connectivity index (χ2n) is 6.31. The van der Waals surface area contributed by atoms with Gasteiger partial charge in [0.15, 0.2) is 0 Å². The third-order valence-corrected chi connectivity index (χ3v) is 5.13. The van der Waals surface area contributed by atoms with E-state index >= 15 is 0 Å². The molecule has 1 saturated carbocycles. The Bertz CT molecular complexity index is 313. The van der Waals surface area contributed by atoms with Crippen molar-refractivity contribution in [2.75, 3.05) is 19.6 Å². The van der Waals surface area contributed by atoms with Gasteiger partial charge in [0.2, 0.25) is 0 Å². The molecule has 0 radical (unpaired) electrons. The van der Waals surface area contributed by atoms with E-state index in [4.69, 9.17) is 5.11 Å². The standard InChI is InChI=1S/C14H24N2O2/c17-14(18)11-2-1-3-12(8-11)15-13-9-16-6-4-10(13)5-7-16/h10-13,15H,1-9H2,(H,17,18). The number of nitrogens with zero attached hydrogens (tertiary/aromatic N) is 1. The lowest BCUT2D eigenvalue weighted by atomic mass is 9.81. The maximum Gasteiger partial charge on any atom is 0.306 e. The average molecular weight is 252 g/mol. The van der Waals surface area contributed by atoms with Gasteiger partial charge in [0.1, 0.15) is 0 Å². The van der Waals surface area contributed by atoms with Gasteiger partial charge in [0.25, 0.3) is 0 Å². The van der Waals surface area contributed by atoms with E-state index in [1.807, 2.05) is 0 Å². The van der Waals surface area contributed by atoms with Crippen LogP contribution >= 0.6 is 0 Å². The Hall–Kier alpha value is -0.610. The minimum absolute atomic E-state index is 0.114. The van der Waals surface area contributed by atoms with Crippen LogP contribution in [0.25, 0.3) is 0 Å². The van der Waals surface area contributed by atoms with Crippen molar-refractivity contribution in [3.05, 3.63) is 0 Å². The Balaban J connectivity index is 1.54. The summed E-state index contributed by atoms with van der Waals surface area (Å²) in [5.41, 5.74) is 0. The van der Waals surface area contributed by atoms with Gasteiger partial charge in [-0.15, -0.1) is 0 Å². The lowest BCUT2D eigenvalue weighted by molar-refractivity contribution is -0.143. The minimum atomic E-state index is -0.601. The number of carboxylic acid groups (broad SMARTS) is 1. The molecule has 3 saturated heterocycles. The van der Waals surface area contributed by atoms with Gasteiger partial charge in [-0.2, -0.15) is 0 Å². The Morgan fingerprint density at radius 1 is 1.17 bits per heavy atom. The van der Waals surface area contributed by atoms with Crippen LogP contribution in [-0.4, -0.2) is 47.7 Å². The molecule has 0 aromatic rings. The lowest BCUT2D eigenvalue weighted by Crippen LogP contribution is -2.58. The van der Waals surface area contributed by atoms with Crippen molar-refractivity contribution in [2.45, 2.75) is 50.6 Å². The van der Waals surface area contributed by atoms with Crippen LogP contribution in [0.5, 0.6) is 0 Å². The highest BCUT2D eigenvalue weighted by atomic mass is 16.4. The fourth-order valence-electron chi connectivity index (χ4n) is 4.02. The highest BCUT2D eigenvalue weighted by Crippen LogP contribution is 2.30. The molecule has 0 aromatic carbocycles. The topological polar surface area (TPSA) is 52.6 Å². The van der Waals surface area contributed by atoms with E-state index in [9.17, 15) is 4.79 Å². The van der Waals surface area contributed by atoms with E-state index in [0.29, 0.717) is 12.1 Å². The maximum atomic E-state index is 11.1. The number of rotatable bonds is 3. The number of fused-ring (bicyclic) bond motifs is 3. The largest absolute Gasteiger partial charge is 0.481 e. The fourth-order valence-corrected chi connectivity index (χ4v) is 4.02. The van der Waals surface area contributed by atoms with Crippen molar-refractivity contribution in [2.24, 2.45) is 11.8 Å². The summed E-state index contributed by atoms with van der Waals surface area (Å²) in [7, 11) is 0. The quantitative estimate of drug-likeness (QED) is 0.795. The predicted octanol–water partition coefficient (Wildman–Crippen LogP) is 1.31. The van der Waals surface area contributed by atoms with Crippen LogP contribution in [0.1, 0.15) is 38.5 Å². The Kier molecular flexibility index (Phi) is 3.57. The van der Waals surface area contributed by atoms with Crippen LogP contribution in [0, 0.1) is 11.8 Å². The molecule has 4 heteroatoms. The van der Waals surface area contributed by atoms with E-state index in [2.05, 4.69) is 10.2 Å². The molecular weight excluding hydrogens is 228 g/mol. The molecule has 3 heterocycles. The summed E-state index contributed by atoms with van der Waals surface area (Å²) in [6.45, 7) is 3.72. The van der Waals surface area contributed by atoms with Crippen molar-refractivity contribution in [1.29, 1.82) is 0 Å². The fraction of sp³-hybridized carbons (Fsp3) is 0.929. The van der Waals surface area contributed by atoms with E-state index in [-0.39, 0.29) is 5.92 Å². The van der Waals surface area contributed by atoms with Gasteiger partial charge >= 0.3 is 5.97 Å². The molecule has 0 aromatic heterocycles. The van der Waals surface area contributed by atoms with Crippen molar-refractivity contribution in [1.82, 2.24) is 10.2 Å². The maximum absolute atomic E-state index is 11.1. The number of carbonyl (C=O) groups is 1. The molecule has 18 heavy (non-hydrogen) atoms. The molecule has 2 bridgehead atoms. The highest BCUT2D eigenvalue weighted by molar-refractivity contribution is 5.70. The van der Waals surface area contributed by atoms with Gasteiger partial charge in [-0.25, -0.2) is 0 Å². The third kappa shape index (κ3) is 2.54. The molecule has 4 aliphatic rings. The SMILES string of the molecule is O=C(O)C1CCCC(NC2CN3CCC2CC3)C1. The van der Waals surface area contributed by atoms with Crippen LogP contribution in [0.15, 0.2) is 0 Å². The van der Waals surface area contributed by atoms with E-state index in [1.165, 1.54) is 32.5 Å². The number of aliphatic carboxylic acids is 1. The zero-order valence-electron chi connectivity index (χ0n) is 11.0. The molecule has 3 unspecified atom stereocenters. The summed E-state index contributed by atoms with van der Waals surface area (Å²) in [5.74, 6) is 0.118. The Labute approximate surface area is 109 Å². The monoisotopic (exact) mass is 252 g/mol. The summed E-state index contributed by atoms with van der Waals surface area (Å²) in [4.78, 5) is 13.6. The number of hydrogen-bond acceptors (Lipinski definition) is 3. The van der Waals surface area contributed by atoms with Gasteiger partial charge in [0.05, 0.1) is 5.92 Å². The summed E-state index contributed by atoms with van der Waals surface area (Å²) < 4.78 is 0. The van der Waals surface area contributed by atoms with Crippen LogP contribution in [0.2, 0.25) is 0 Å². The van der Waals surface area contributed by atoms with Gasteiger partial charge in [-0.1, -0.05) is 6.42 Å². The molecule has 0 spiro atoms. The first-order chi connectivity index (χ1) is 8.72. The van der Waals surface area contributed by atoms with Crippen molar-refractivity contribution >= 4 is 5.97 Å². The predicted molar refractivity (Wildman–Crippen MR) is 69.5 cm³/mol. The first-order valence-electron chi connectivity index (χ1n) is 7.43. The molecule has 4 rings (SSSR count).